The van der Waals surface area contributed by atoms with Crippen LogP contribution in [-0.2, 0) is 12.8 Å². The van der Waals surface area contributed by atoms with Crippen LogP contribution in [0, 0.1) is 0 Å². The van der Waals surface area contributed by atoms with Gasteiger partial charge in [0, 0.05) is 12.1 Å². The largest absolute Gasteiger partial charge is 0.457 e. The lowest BCUT2D eigenvalue weighted by Gasteiger charge is -2.17. The predicted octanol–water partition coefficient (Wildman–Crippen LogP) is 1.20. The van der Waals surface area contributed by atoms with Crippen LogP contribution in [0.2, 0.25) is 0 Å². The van der Waals surface area contributed by atoms with E-state index in [4.69, 9.17) is 26.4 Å². The number of ether oxygens (including phenoxy) is 1. The average molecular weight is 316 g/mol. The monoisotopic (exact) mass is 316 g/mol. The summed E-state index contributed by atoms with van der Waals surface area (Å²) in [5, 5.41) is 18.3. The molecule has 23 heavy (non-hydrogen) atoms. The van der Waals surface area contributed by atoms with Crippen molar-refractivity contribution < 1.29 is 14.9 Å². The third-order valence-electron chi connectivity index (χ3n) is 3.60. The molecule has 124 valence electrons. The molecule has 0 aliphatic rings. The van der Waals surface area contributed by atoms with Crippen molar-refractivity contribution >= 4 is 0 Å². The van der Waals surface area contributed by atoms with Crippen molar-refractivity contribution in [3.8, 4) is 11.5 Å². The number of benzene rings is 2. The minimum Gasteiger partial charge on any atom is -0.457 e. The summed E-state index contributed by atoms with van der Waals surface area (Å²) in [5.41, 5.74) is 13.5. The number of rotatable bonds is 8. The quantitative estimate of drug-likeness (QED) is 0.586. The van der Waals surface area contributed by atoms with Gasteiger partial charge in [-0.2, -0.15) is 0 Å². The van der Waals surface area contributed by atoms with Crippen molar-refractivity contribution in [3.05, 3.63) is 59.7 Å². The zero-order chi connectivity index (χ0) is 16.7. The highest BCUT2D eigenvalue weighted by Gasteiger charge is 2.12. The summed E-state index contributed by atoms with van der Waals surface area (Å²) >= 11 is 0. The Kier molecular flexibility index (Phi) is 6.55. The van der Waals surface area contributed by atoms with Gasteiger partial charge in [0.2, 0.25) is 0 Å². The minimum absolute atomic E-state index is 0.0731. The third-order valence-corrected chi connectivity index (χ3v) is 3.60. The molecule has 0 fully saturated rings. The summed E-state index contributed by atoms with van der Waals surface area (Å²) in [6.45, 7) is -0.146. The van der Waals surface area contributed by atoms with Gasteiger partial charge in [0.1, 0.15) is 11.5 Å². The van der Waals surface area contributed by atoms with Gasteiger partial charge in [-0.05, 0) is 36.1 Å². The number of aliphatic hydroxyl groups is 2. The van der Waals surface area contributed by atoms with Gasteiger partial charge in [0.25, 0.3) is 0 Å². The summed E-state index contributed by atoms with van der Waals surface area (Å²) in [5.74, 6) is 1.42. The molecule has 0 radical (unpaired) electrons. The lowest BCUT2D eigenvalue weighted by molar-refractivity contribution is 0.264. The molecule has 0 bridgehead atoms. The summed E-state index contributed by atoms with van der Waals surface area (Å²) in [7, 11) is 0. The molecule has 0 aliphatic carbocycles. The van der Waals surface area contributed by atoms with Crippen LogP contribution in [0.1, 0.15) is 11.1 Å². The van der Waals surface area contributed by atoms with E-state index in [1.54, 1.807) is 0 Å². The Labute approximate surface area is 136 Å². The fourth-order valence-electron chi connectivity index (χ4n) is 2.36. The van der Waals surface area contributed by atoms with Crippen LogP contribution < -0.4 is 16.2 Å². The molecular weight excluding hydrogens is 292 g/mol. The molecule has 0 saturated heterocycles. The molecular formula is C18H24N2O3. The van der Waals surface area contributed by atoms with Crippen LogP contribution >= 0.6 is 0 Å². The van der Waals surface area contributed by atoms with E-state index in [-0.39, 0.29) is 25.3 Å². The summed E-state index contributed by atoms with van der Waals surface area (Å²) in [4.78, 5) is 0. The van der Waals surface area contributed by atoms with Gasteiger partial charge < -0.3 is 26.4 Å². The van der Waals surface area contributed by atoms with Gasteiger partial charge in [-0.15, -0.1) is 0 Å². The zero-order valence-electron chi connectivity index (χ0n) is 13.1. The number of hydrogen-bond acceptors (Lipinski definition) is 5. The van der Waals surface area contributed by atoms with E-state index in [2.05, 4.69) is 0 Å². The van der Waals surface area contributed by atoms with Gasteiger partial charge in [-0.25, -0.2) is 0 Å². The first kappa shape index (κ1) is 17.4. The van der Waals surface area contributed by atoms with Crippen molar-refractivity contribution in [3.63, 3.8) is 0 Å². The Morgan fingerprint density at radius 2 is 1.13 bits per heavy atom. The second kappa shape index (κ2) is 8.64. The molecule has 2 rings (SSSR count). The lowest BCUT2D eigenvalue weighted by atomic mass is 10.0. The fraction of sp³-hybridized carbons (Fsp3) is 0.333. The molecule has 0 amide bonds. The van der Waals surface area contributed by atoms with Crippen LogP contribution in [0.5, 0.6) is 11.5 Å². The van der Waals surface area contributed by atoms with E-state index in [1.807, 2.05) is 48.5 Å². The molecule has 5 nitrogen and oxygen atoms in total. The van der Waals surface area contributed by atoms with Gasteiger partial charge in [0.15, 0.2) is 0 Å². The van der Waals surface area contributed by atoms with Gasteiger partial charge >= 0.3 is 0 Å². The van der Waals surface area contributed by atoms with Crippen molar-refractivity contribution in [1.82, 2.24) is 0 Å². The highest BCUT2D eigenvalue weighted by molar-refractivity contribution is 5.42. The first-order chi connectivity index (χ1) is 11.1. The normalized spacial score (nSPS) is 13.6. The molecule has 0 aromatic heterocycles. The average Bonchev–Trinajstić information content (AvgIpc) is 2.58. The predicted molar refractivity (Wildman–Crippen MR) is 90.5 cm³/mol. The Morgan fingerprint density at radius 1 is 0.739 bits per heavy atom. The first-order valence-electron chi connectivity index (χ1n) is 7.70. The third kappa shape index (κ3) is 5.04. The molecule has 6 N–H and O–H groups in total. The highest BCUT2D eigenvalue weighted by atomic mass is 16.5. The van der Waals surface area contributed by atoms with Crippen LogP contribution in [0.25, 0.3) is 0 Å². The molecule has 0 aliphatic heterocycles. The van der Waals surface area contributed by atoms with Crippen LogP contribution in [-0.4, -0.2) is 35.5 Å². The van der Waals surface area contributed by atoms with Crippen molar-refractivity contribution in [2.45, 2.75) is 24.9 Å². The van der Waals surface area contributed by atoms with E-state index in [9.17, 15) is 0 Å². The van der Waals surface area contributed by atoms with E-state index in [0.29, 0.717) is 24.3 Å². The standard InChI is InChI=1S/C18H24N2O3/c19-15(11-21)9-13-5-1-3-7-17(13)23-18-8-4-2-6-14(18)10-16(20)12-22/h1-8,15-16,21-22H,9-12,19-20H2. The van der Waals surface area contributed by atoms with Gasteiger partial charge in [-0.1, -0.05) is 36.4 Å². The summed E-state index contributed by atoms with van der Waals surface area (Å²) < 4.78 is 6.06. The first-order valence-corrected chi connectivity index (χ1v) is 7.70. The van der Waals surface area contributed by atoms with Crippen LogP contribution in [0.15, 0.2) is 48.5 Å². The molecule has 2 aromatic rings. The molecule has 0 saturated carbocycles. The van der Waals surface area contributed by atoms with Crippen molar-refractivity contribution in [1.29, 1.82) is 0 Å². The zero-order valence-corrected chi connectivity index (χ0v) is 13.1. The topological polar surface area (TPSA) is 102 Å². The molecule has 5 heteroatoms. The van der Waals surface area contributed by atoms with Crippen LogP contribution in [0.3, 0.4) is 0 Å². The lowest BCUT2D eigenvalue weighted by Crippen LogP contribution is -2.27. The number of nitrogens with two attached hydrogens (primary N) is 2. The molecule has 0 spiro atoms. The smallest absolute Gasteiger partial charge is 0.130 e. The molecule has 2 unspecified atom stereocenters. The van der Waals surface area contributed by atoms with Gasteiger partial charge in [-0.3, -0.25) is 0 Å². The Bertz CT molecular complexity index is 565. The Hall–Kier alpha value is -1.92. The summed E-state index contributed by atoms with van der Waals surface area (Å²) in [6.07, 6.45) is 1.07. The Morgan fingerprint density at radius 3 is 1.52 bits per heavy atom. The highest BCUT2D eigenvalue weighted by Crippen LogP contribution is 2.29. The second-order valence-electron chi connectivity index (χ2n) is 5.61. The van der Waals surface area contributed by atoms with E-state index >= 15 is 0 Å². The van der Waals surface area contributed by atoms with E-state index in [1.165, 1.54) is 0 Å². The fourth-order valence-corrected chi connectivity index (χ4v) is 2.36. The maximum absolute atomic E-state index is 9.14. The minimum atomic E-state index is -0.321. The summed E-state index contributed by atoms with van der Waals surface area (Å²) in [6, 6.07) is 14.6. The van der Waals surface area contributed by atoms with E-state index in [0.717, 1.165) is 11.1 Å². The maximum Gasteiger partial charge on any atom is 0.130 e. The van der Waals surface area contributed by atoms with Gasteiger partial charge in [0.05, 0.1) is 13.2 Å². The molecule has 0 heterocycles. The number of aliphatic hydroxyl groups excluding tert-OH is 2. The SMILES string of the molecule is NC(CO)Cc1ccccc1Oc1ccccc1CC(N)CO. The number of hydrogen-bond donors (Lipinski definition) is 4. The molecule has 2 aromatic carbocycles. The van der Waals surface area contributed by atoms with E-state index < -0.39 is 0 Å². The maximum atomic E-state index is 9.14. The second-order valence-corrected chi connectivity index (χ2v) is 5.61. The number of para-hydroxylation sites is 2. The Balaban J connectivity index is 2.22. The van der Waals surface area contributed by atoms with Crippen molar-refractivity contribution in [2.75, 3.05) is 13.2 Å². The molecule has 2 atom stereocenters. The van der Waals surface area contributed by atoms with Crippen molar-refractivity contribution in [2.24, 2.45) is 11.5 Å². The van der Waals surface area contributed by atoms with Crippen LogP contribution in [0.4, 0.5) is 0 Å².